The first-order valence-electron chi connectivity index (χ1n) is 6.59. The summed E-state index contributed by atoms with van der Waals surface area (Å²) in [5.41, 5.74) is 7.08. The molecule has 2 aromatic rings. The summed E-state index contributed by atoms with van der Waals surface area (Å²) in [5.74, 6) is 0. The Morgan fingerprint density at radius 3 is 2.57 bits per heavy atom. The van der Waals surface area contributed by atoms with E-state index in [0.717, 1.165) is 15.6 Å². The first kappa shape index (κ1) is 16.1. The molecule has 0 aliphatic carbocycles. The van der Waals surface area contributed by atoms with Crippen molar-refractivity contribution in [1.29, 1.82) is 0 Å². The molecule has 0 spiro atoms. The minimum atomic E-state index is -3.61. The van der Waals surface area contributed by atoms with Gasteiger partial charge in [0.2, 0.25) is 10.0 Å². The number of nitrogens with two attached hydrogens (primary N) is 1. The van der Waals surface area contributed by atoms with Gasteiger partial charge in [0.05, 0.1) is 21.6 Å². The molecule has 0 saturated heterocycles. The van der Waals surface area contributed by atoms with Crippen LogP contribution in [0.5, 0.6) is 0 Å². The molecular weight excluding hydrogens is 306 g/mol. The van der Waals surface area contributed by atoms with Crippen LogP contribution in [0.3, 0.4) is 0 Å². The van der Waals surface area contributed by atoms with Gasteiger partial charge in [-0.25, -0.2) is 18.1 Å². The SMILES string of the molecule is Cc1nc(C)c(C(C)NS(=O)(=O)c2ccccc2CN)s1. The highest BCUT2D eigenvalue weighted by atomic mass is 32.2. The minimum Gasteiger partial charge on any atom is -0.326 e. The van der Waals surface area contributed by atoms with Gasteiger partial charge in [-0.1, -0.05) is 18.2 Å². The lowest BCUT2D eigenvalue weighted by atomic mass is 10.2. The van der Waals surface area contributed by atoms with Crippen LogP contribution in [0.2, 0.25) is 0 Å². The summed E-state index contributed by atoms with van der Waals surface area (Å²) < 4.78 is 27.8. The highest BCUT2D eigenvalue weighted by molar-refractivity contribution is 7.89. The molecule has 0 aliphatic heterocycles. The maximum atomic E-state index is 12.5. The van der Waals surface area contributed by atoms with Crippen LogP contribution in [0.1, 0.15) is 34.1 Å². The highest BCUT2D eigenvalue weighted by Gasteiger charge is 2.23. The van der Waals surface area contributed by atoms with Crippen molar-refractivity contribution in [3.05, 3.63) is 45.4 Å². The summed E-state index contributed by atoms with van der Waals surface area (Å²) in [7, 11) is -3.61. The standard InChI is InChI=1S/C14H19N3O2S2/c1-9-14(20-11(3)16-9)10(2)17-21(18,19)13-7-5-4-6-12(13)8-15/h4-7,10,17H,8,15H2,1-3H3. The van der Waals surface area contributed by atoms with Gasteiger partial charge >= 0.3 is 0 Å². The molecule has 0 radical (unpaired) electrons. The van der Waals surface area contributed by atoms with Crippen LogP contribution >= 0.6 is 11.3 Å². The second-order valence-corrected chi connectivity index (χ2v) is 7.75. The third-order valence-corrected chi connectivity index (χ3v) is 6.04. The van der Waals surface area contributed by atoms with Crippen molar-refractivity contribution in [3.63, 3.8) is 0 Å². The van der Waals surface area contributed by atoms with Gasteiger partial charge in [0.1, 0.15) is 0 Å². The number of thiazole rings is 1. The number of sulfonamides is 1. The number of nitrogens with one attached hydrogen (secondary N) is 1. The van der Waals surface area contributed by atoms with Crippen molar-refractivity contribution < 1.29 is 8.42 Å². The van der Waals surface area contributed by atoms with Crippen LogP contribution in [0.25, 0.3) is 0 Å². The quantitative estimate of drug-likeness (QED) is 0.883. The molecular formula is C14H19N3O2S2. The Balaban J connectivity index is 2.31. The fourth-order valence-corrected chi connectivity index (χ4v) is 4.70. The molecule has 0 saturated carbocycles. The summed E-state index contributed by atoms with van der Waals surface area (Å²) in [5, 5.41) is 0.927. The Morgan fingerprint density at radius 2 is 2.00 bits per heavy atom. The van der Waals surface area contributed by atoms with Crippen molar-refractivity contribution in [2.75, 3.05) is 0 Å². The summed E-state index contributed by atoms with van der Waals surface area (Å²) >= 11 is 1.51. The van der Waals surface area contributed by atoms with Crippen molar-refractivity contribution >= 4 is 21.4 Å². The van der Waals surface area contributed by atoms with Gasteiger partial charge in [-0.05, 0) is 32.4 Å². The van der Waals surface area contributed by atoms with Crippen LogP contribution in [-0.2, 0) is 16.6 Å². The van der Waals surface area contributed by atoms with Gasteiger partial charge in [0, 0.05) is 11.4 Å². The topological polar surface area (TPSA) is 85.1 Å². The van der Waals surface area contributed by atoms with Gasteiger partial charge in [-0.15, -0.1) is 11.3 Å². The third kappa shape index (κ3) is 3.49. The molecule has 0 aliphatic rings. The van der Waals surface area contributed by atoms with E-state index in [2.05, 4.69) is 9.71 Å². The van der Waals surface area contributed by atoms with Gasteiger partial charge in [0.25, 0.3) is 0 Å². The van der Waals surface area contributed by atoms with E-state index >= 15 is 0 Å². The molecule has 0 amide bonds. The predicted molar refractivity (Wildman–Crippen MR) is 84.7 cm³/mol. The van der Waals surface area contributed by atoms with Gasteiger partial charge in [-0.3, -0.25) is 0 Å². The fraction of sp³-hybridized carbons (Fsp3) is 0.357. The molecule has 5 nitrogen and oxygen atoms in total. The fourth-order valence-electron chi connectivity index (χ4n) is 2.23. The molecule has 0 fully saturated rings. The first-order valence-corrected chi connectivity index (χ1v) is 8.89. The largest absolute Gasteiger partial charge is 0.326 e. The maximum absolute atomic E-state index is 12.5. The molecule has 1 heterocycles. The zero-order valence-corrected chi connectivity index (χ0v) is 13.9. The van der Waals surface area contributed by atoms with Crippen molar-refractivity contribution in [1.82, 2.24) is 9.71 Å². The molecule has 3 N–H and O–H groups in total. The Hall–Kier alpha value is -1.28. The van der Waals surface area contributed by atoms with Gasteiger partial charge in [0.15, 0.2) is 0 Å². The lowest BCUT2D eigenvalue weighted by Gasteiger charge is -2.15. The highest BCUT2D eigenvalue weighted by Crippen LogP contribution is 2.26. The van der Waals surface area contributed by atoms with Crippen molar-refractivity contribution in [2.24, 2.45) is 5.73 Å². The Morgan fingerprint density at radius 1 is 1.33 bits per heavy atom. The van der Waals surface area contributed by atoms with Crippen molar-refractivity contribution in [2.45, 2.75) is 38.3 Å². The zero-order chi connectivity index (χ0) is 15.6. The predicted octanol–water partition coefficient (Wildman–Crippen LogP) is 2.26. The maximum Gasteiger partial charge on any atom is 0.241 e. The average molecular weight is 325 g/mol. The number of aromatic nitrogens is 1. The second-order valence-electron chi connectivity index (χ2n) is 4.84. The molecule has 114 valence electrons. The molecule has 1 atom stereocenters. The van der Waals surface area contributed by atoms with Crippen LogP contribution in [-0.4, -0.2) is 13.4 Å². The summed E-state index contributed by atoms with van der Waals surface area (Å²) in [4.78, 5) is 5.50. The van der Waals surface area contributed by atoms with E-state index in [-0.39, 0.29) is 17.5 Å². The van der Waals surface area contributed by atoms with Crippen LogP contribution in [0.4, 0.5) is 0 Å². The van der Waals surface area contributed by atoms with E-state index in [1.807, 2.05) is 20.8 Å². The lowest BCUT2D eigenvalue weighted by molar-refractivity contribution is 0.567. The number of hydrogen-bond donors (Lipinski definition) is 2. The van der Waals surface area contributed by atoms with E-state index < -0.39 is 10.0 Å². The van der Waals surface area contributed by atoms with E-state index in [1.165, 1.54) is 11.3 Å². The average Bonchev–Trinajstić information content (AvgIpc) is 2.77. The lowest BCUT2D eigenvalue weighted by Crippen LogP contribution is -2.28. The number of hydrogen-bond acceptors (Lipinski definition) is 5. The Kier molecular flexibility index (Phi) is 4.77. The number of aryl methyl sites for hydroxylation is 2. The zero-order valence-electron chi connectivity index (χ0n) is 12.3. The summed E-state index contributed by atoms with van der Waals surface area (Å²) in [6.45, 7) is 5.80. The smallest absolute Gasteiger partial charge is 0.241 e. The third-order valence-electron chi connectivity index (χ3n) is 3.15. The van der Waals surface area contributed by atoms with Crippen LogP contribution in [0.15, 0.2) is 29.2 Å². The molecule has 2 rings (SSSR count). The molecule has 7 heteroatoms. The molecule has 1 aromatic heterocycles. The minimum absolute atomic E-state index is 0.185. The van der Waals surface area contributed by atoms with E-state index in [4.69, 9.17) is 5.73 Å². The summed E-state index contributed by atoms with van der Waals surface area (Å²) in [6, 6.07) is 6.44. The normalized spacial score (nSPS) is 13.3. The summed E-state index contributed by atoms with van der Waals surface area (Å²) in [6.07, 6.45) is 0. The molecule has 0 bridgehead atoms. The van der Waals surface area contributed by atoms with E-state index in [0.29, 0.717) is 5.56 Å². The Labute approximate surface area is 129 Å². The van der Waals surface area contributed by atoms with Gasteiger partial charge < -0.3 is 5.73 Å². The molecule has 1 aromatic carbocycles. The van der Waals surface area contributed by atoms with E-state index in [9.17, 15) is 8.42 Å². The molecule has 1 unspecified atom stereocenters. The van der Waals surface area contributed by atoms with E-state index in [1.54, 1.807) is 24.3 Å². The van der Waals surface area contributed by atoms with Gasteiger partial charge in [-0.2, -0.15) is 0 Å². The first-order chi connectivity index (χ1) is 9.85. The second kappa shape index (κ2) is 6.23. The number of benzene rings is 1. The Bertz CT molecular complexity index is 738. The number of rotatable bonds is 5. The van der Waals surface area contributed by atoms with Crippen LogP contribution in [0, 0.1) is 13.8 Å². The number of nitrogens with zero attached hydrogens (tertiary/aromatic N) is 1. The van der Waals surface area contributed by atoms with Crippen molar-refractivity contribution in [3.8, 4) is 0 Å². The molecule has 21 heavy (non-hydrogen) atoms. The van der Waals surface area contributed by atoms with Crippen LogP contribution < -0.4 is 10.5 Å². The monoisotopic (exact) mass is 325 g/mol.